The molecule has 0 aliphatic carbocycles. The van der Waals surface area contributed by atoms with E-state index in [1.807, 2.05) is 0 Å². The Kier molecular flexibility index (Phi) is 26.0. The average Bonchev–Trinajstić information content (AvgIpc) is 2.90. The van der Waals surface area contributed by atoms with Crippen LogP contribution in [0.5, 0.6) is 0 Å². The molecule has 0 radical (unpaired) electrons. The molecule has 0 fully saturated rings. The lowest BCUT2D eigenvalue weighted by Gasteiger charge is -2.11. The van der Waals surface area contributed by atoms with Crippen LogP contribution in [0, 0.1) is 5.41 Å². The molecule has 2 N–H and O–H groups in total. The minimum Gasteiger partial charge on any atom is -0.412 e. The summed E-state index contributed by atoms with van der Waals surface area (Å²) in [5.41, 5.74) is 0. The van der Waals surface area contributed by atoms with Gasteiger partial charge in [0.1, 0.15) is 0 Å². The molecule has 0 bridgehead atoms. The molecule has 0 saturated heterocycles. The summed E-state index contributed by atoms with van der Waals surface area (Å²) in [6, 6.07) is 0. The van der Waals surface area contributed by atoms with Crippen molar-refractivity contribution >= 4 is 23.8 Å². The number of rotatable bonds is 27. The third-order valence-corrected chi connectivity index (χ3v) is 4.35. The molecule has 0 heterocycles. The quantitative estimate of drug-likeness (QED) is 0.0423. The average molecular weight is 570 g/mol. The highest BCUT2D eigenvalue weighted by molar-refractivity contribution is 5.93. The highest BCUT2D eigenvalue weighted by Gasteiger charge is 2.23. The van der Waals surface area contributed by atoms with Crippen molar-refractivity contribution in [1.82, 2.24) is 0 Å². The third kappa shape index (κ3) is 25.9. The van der Waals surface area contributed by atoms with E-state index in [-0.39, 0.29) is 39.3 Å². The summed E-state index contributed by atoms with van der Waals surface area (Å²) in [5, 5.41) is 17.4. The molecule has 15 heteroatoms. The zero-order chi connectivity index (χ0) is 29.0. The molecule has 0 rings (SSSR count). The van der Waals surface area contributed by atoms with Gasteiger partial charge in [-0.1, -0.05) is 0 Å². The molecule has 1 atom stereocenters. The van der Waals surface area contributed by atoms with Gasteiger partial charge in [-0.3, -0.25) is 15.0 Å². The predicted molar refractivity (Wildman–Crippen MR) is 133 cm³/mol. The zero-order valence-electron chi connectivity index (χ0n) is 22.9. The number of aliphatic hydroxyl groups is 1. The van der Waals surface area contributed by atoms with E-state index >= 15 is 0 Å². The first-order valence-electron chi connectivity index (χ1n) is 12.6. The van der Waals surface area contributed by atoms with Crippen LogP contribution in [0.25, 0.3) is 0 Å². The Morgan fingerprint density at radius 1 is 0.564 bits per heavy atom. The minimum absolute atomic E-state index is 0.0131. The fourth-order valence-electron chi connectivity index (χ4n) is 2.40. The van der Waals surface area contributed by atoms with E-state index in [0.717, 1.165) is 0 Å². The summed E-state index contributed by atoms with van der Waals surface area (Å²) in [7, 11) is 3.17. The van der Waals surface area contributed by atoms with E-state index in [9.17, 15) is 19.5 Å². The molecular formula is C24H43NO14. The lowest BCUT2D eigenvalue weighted by atomic mass is 10.2. The van der Waals surface area contributed by atoms with Crippen LogP contribution in [-0.4, -0.2) is 142 Å². The first-order valence-corrected chi connectivity index (χ1v) is 12.6. The number of methoxy groups -OCH3 is 2. The fourth-order valence-corrected chi connectivity index (χ4v) is 2.40. The summed E-state index contributed by atoms with van der Waals surface area (Å²) in [6.07, 6.45) is -2.85. The van der Waals surface area contributed by atoms with Gasteiger partial charge in [-0.15, -0.1) is 0 Å². The van der Waals surface area contributed by atoms with Crippen LogP contribution in [0.1, 0.15) is 19.3 Å². The standard InChI is InChI=1S/C24H43NO14/c1-30-7-9-34-15-17-36-13-11-32-5-3-22(27)38-21(25)19-20(26)24(29)39-23(28)4-6-33-12-14-37-18-16-35-10-8-31-2/h20,25-26H,3-19H2,1-2H3. The molecule has 0 aromatic heterocycles. The summed E-state index contributed by atoms with van der Waals surface area (Å²) < 4.78 is 50.3. The highest BCUT2D eigenvalue weighted by atomic mass is 16.6. The van der Waals surface area contributed by atoms with E-state index in [0.29, 0.717) is 66.1 Å². The largest absolute Gasteiger partial charge is 0.412 e. The lowest BCUT2D eigenvalue weighted by molar-refractivity contribution is -0.166. The lowest BCUT2D eigenvalue weighted by Crippen LogP contribution is -2.29. The van der Waals surface area contributed by atoms with E-state index in [1.165, 1.54) is 0 Å². The zero-order valence-corrected chi connectivity index (χ0v) is 22.9. The molecule has 0 spiro atoms. The number of aliphatic hydroxyl groups excluding tert-OH is 1. The normalized spacial score (nSPS) is 11.8. The summed E-state index contributed by atoms with van der Waals surface area (Å²) >= 11 is 0. The van der Waals surface area contributed by atoms with Gasteiger partial charge in [0.05, 0.1) is 112 Å². The molecule has 15 nitrogen and oxygen atoms in total. The van der Waals surface area contributed by atoms with E-state index in [1.54, 1.807) is 14.2 Å². The number of carbonyl (C=O) groups excluding carboxylic acids is 3. The van der Waals surface area contributed by atoms with Gasteiger partial charge in [0.2, 0.25) is 0 Å². The van der Waals surface area contributed by atoms with Crippen LogP contribution in [-0.2, 0) is 61.8 Å². The second-order valence-corrected chi connectivity index (χ2v) is 7.57. The Morgan fingerprint density at radius 3 is 1.28 bits per heavy atom. The van der Waals surface area contributed by atoms with Crippen LogP contribution in [0.15, 0.2) is 0 Å². The van der Waals surface area contributed by atoms with Gasteiger partial charge in [-0.25, -0.2) is 4.79 Å². The number of esters is 3. The van der Waals surface area contributed by atoms with Crippen molar-refractivity contribution in [3.05, 3.63) is 0 Å². The van der Waals surface area contributed by atoms with Gasteiger partial charge in [0.15, 0.2) is 12.0 Å². The molecular weight excluding hydrogens is 526 g/mol. The Morgan fingerprint density at radius 2 is 0.897 bits per heavy atom. The molecule has 0 aliphatic rings. The molecule has 39 heavy (non-hydrogen) atoms. The fraction of sp³-hybridized carbons (Fsp3) is 0.833. The second kappa shape index (κ2) is 27.5. The molecule has 0 saturated carbocycles. The van der Waals surface area contributed by atoms with E-state index in [4.69, 9.17) is 48.0 Å². The number of hydrogen-bond acceptors (Lipinski definition) is 15. The molecule has 0 aromatic rings. The number of carbonyl (C=O) groups is 3. The minimum atomic E-state index is -1.85. The maximum absolute atomic E-state index is 11.8. The van der Waals surface area contributed by atoms with Crippen LogP contribution in [0.2, 0.25) is 0 Å². The topological polar surface area (TPSA) is 188 Å². The summed E-state index contributed by atoms with van der Waals surface area (Å²) in [5.74, 6) is -3.59. The van der Waals surface area contributed by atoms with Gasteiger partial charge in [0.25, 0.3) is 0 Å². The molecule has 0 aromatic carbocycles. The maximum atomic E-state index is 11.8. The summed E-state index contributed by atoms with van der Waals surface area (Å²) in [4.78, 5) is 35.2. The van der Waals surface area contributed by atoms with Crippen molar-refractivity contribution in [2.24, 2.45) is 0 Å². The Bertz CT molecular complexity index is 648. The summed E-state index contributed by atoms with van der Waals surface area (Å²) in [6.45, 7) is 4.78. The van der Waals surface area contributed by atoms with Gasteiger partial charge >= 0.3 is 17.9 Å². The van der Waals surface area contributed by atoms with Gasteiger partial charge in [-0.05, 0) is 0 Å². The number of nitrogens with one attached hydrogen (secondary N) is 1. The van der Waals surface area contributed by atoms with Gasteiger partial charge in [-0.2, -0.15) is 0 Å². The van der Waals surface area contributed by atoms with Crippen LogP contribution in [0.3, 0.4) is 0 Å². The molecule has 0 amide bonds. The predicted octanol–water partition coefficient (Wildman–Crippen LogP) is -0.500. The first kappa shape index (κ1) is 36.9. The first-order chi connectivity index (χ1) is 18.9. The van der Waals surface area contributed by atoms with Crippen LogP contribution in [0.4, 0.5) is 0 Å². The van der Waals surface area contributed by atoms with Crippen molar-refractivity contribution in [1.29, 1.82) is 5.41 Å². The third-order valence-electron chi connectivity index (χ3n) is 4.35. The highest BCUT2D eigenvalue weighted by Crippen LogP contribution is 2.02. The molecule has 0 aliphatic heterocycles. The number of ether oxygens (including phenoxy) is 10. The van der Waals surface area contributed by atoms with Crippen molar-refractivity contribution in [2.45, 2.75) is 25.4 Å². The maximum Gasteiger partial charge on any atom is 0.343 e. The van der Waals surface area contributed by atoms with Gasteiger partial charge < -0.3 is 52.5 Å². The Labute approximate surface area is 228 Å². The smallest absolute Gasteiger partial charge is 0.343 e. The Balaban J connectivity index is 3.71. The monoisotopic (exact) mass is 569 g/mol. The number of hydrogen-bond donors (Lipinski definition) is 2. The van der Waals surface area contributed by atoms with E-state index < -0.39 is 36.3 Å². The van der Waals surface area contributed by atoms with Crippen molar-refractivity contribution in [2.75, 3.05) is 107 Å². The Hall–Kier alpha value is -2.08. The van der Waals surface area contributed by atoms with Crippen LogP contribution < -0.4 is 0 Å². The second-order valence-electron chi connectivity index (χ2n) is 7.57. The van der Waals surface area contributed by atoms with Crippen molar-refractivity contribution < 1.29 is 66.9 Å². The SMILES string of the molecule is COCCOCCOCCOCCC(=O)OC(=N)CC(O)C(=O)OC(=O)CCOCCOCCOCCOC. The molecule has 228 valence electrons. The van der Waals surface area contributed by atoms with Gasteiger partial charge in [0, 0.05) is 14.2 Å². The van der Waals surface area contributed by atoms with E-state index in [2.05, 4.69) is 4.74 Å². The van der Waals surface area contributed by atoms with Crippen molar-refractivity contribution in [3.8, 4) is 0 Å². The van der Waals surface area contributed by atoms with Crippen molar-refractivity contribution in [3.63, 3.8) is 0 Å². The van der Waals surface area contributed by atoms with Crippen LogP contribution >= 0.6 is 0 Å². The molecule has 1 unspecified atom stereocenters.